The van der Waals surface area contributed by atoms with Crippen LogP contribution in [0.2, 0.25) is 5.02 Å². The summed E-state index contributed by atoms with van der Waals surface area (Å²) in [5.74, 6) is 1.45. The molecule has 9 heteroatoms. The second-order valence-corrected chi connectivity index (χ2v) is 7.95. The van der Waals surface area contributed by atoms with Crippen LogP contribution >= 0.6 is 23.4 Å². The Labute approximate surface area is 182 Å². The van der Waals surface area contributed by atoms with Gasteiger partial charge in [-0.1, -0.05) is 53.7 Å². The number of imidazole rings is 1. The van der Waals surface area contributed by atoms with Crippen molar-refractivity contribution in [1.29, 1.82) is 0 Å². The molecule has 1 atom stereocenters. The summed E-state index contributed by atoms with van der Waals surface area (Å²) in [6, 6.07) is 16.7. The van der Waals surface area contributed by atoms with Crippen LogP contribution in [0, 0.1) is 0 Å². The molecular weight excluding hydrogens is 420 g/mol. The van der Waals surface area contributed by atoms with Crippen molar-refractivity contribution in [2.75, 3.05) is 5.75 Å². The number of nitrogens with zero attached hydrogens (tertiary/aromatic N) is 4. The lowest BCUT2D eigenvalue weighted by atomic mass is 10.1. The first-order valence-electron chi connectivity index (χ1n) is 9.23. The van der Waals surface area contributed by atoms with Crippen LogP contribution < -0.4 is 5.32 Å². The molecule has 0 saturated heterocycles. The fourth-order valence-corrected chi connectivity index (χ4v) is 3.71. The number of H-pyrrole nitrogens is 1. The topological polar surface area (TPSA) is 88.5 Å². The molecule has 1 amide bonds. The van der Waals surface area contributed by atoms with Crippen LogP contribution in [0.1, 0.15) is 17.4 Å². The molecule has 7 nitrogen and oxygen atoms in total. The number of aromatic nitrogens is 5. The number of benzene rings is 2. The van der Waals surface area contributed by atoms with Crippen molar-refractivity contribution in [2.45, 2.75) is 11.2 Å². The van der Waals surface area contributed by atoms with Crippen LogP contribution in [0.15, 0.2) is 72.1 Å². The van der Waals surface area contributed by atoms with Crippen molar-refractivity contribution in [3.8, 4) is 11.4 Å². The van der Waals surface area contributed by atoms with Gasteiger partial charge in [0.25, 0.3) is 0 Å². The Morgan fingerprint density at radius 3 is 2.67 bits per heavy atom. The van der Waals surface area contributed by atoms with Crippen LogP contribution in [0.4, 0.5) is 0 Å². The number of aryl methyl sites for hydroxylation is 1. The quantitative estimate of drug-likeness (QED) is 0.428. The Kier molecular flexibility index (Phi) is 6.15. The smallest absolute Gasteiger partial charge is 0.231 e. The summed E-state index contributed by atoms with van der Waals surface area (Å²) in [6.45, 7) is 0. The first-order chi connectivity index (χ1) is 14.6. The normalized spacial score (nSPS) is 11.9. The van der Waals surface area contributed by atoms with Gasteiger partial charge in [-0.25, -0.2) is 9.97 Å². The molecule has 0 fully saturated rings. The summed E-state index contributed by atoms with van der Waals surface area (Å²) in [6.07, 6.45) is 3.58. The molecule has 4 aromatic rings. The Hall–Kier alpha value is -3.10. The minimum atomic E-state index is -0.337. The molecule has 30 heavy (non-hydrogen) atoms. The van der Waals surface area contributed by atoms with Gasteiger partial charge in [-0.2, -0.15) is 0 Å². The molecule has 2 aromatic heterocycles. The van der Waals surface area contributed by atoms with Crippen molar-refractivity contribution in [1.82, 2.24) is 30.0 Å². The minimum Gasteiger partial charge on any atom is -0.341 e. The van der Waals surface area contributed by atoms with Gasteiger partial charge in [0.05, 0.1) is 5.75 Å². The number of carbonyl (C=O) groups is 1. The highest BCUT2D eigenvalue weighted by Crippen LogP contribution is 2.23. The predicted molar refractivity (Wildman–Crippen MR) is 117 cm³/mol. The maximum absolute atomic E-state index is 12.7. The number of amides is 1. The van der Waals surface area contributed by atoms with Gasteiger partial charge in [0.1, 0.15) is 11.9 Å². The number of hydrogen-bond donors (Lipinski definition) is 2. The molecule has 0 aliphatic carbocycles. The highest BCUT2D eigenvalue weighted by atomic mass is 35.5. The van der Waals surface area contributed by atoms with E-state index in [1.165, 1.54) is 11.8 Å². The lowest BCUT2D eigenvalue weighted by Crippen LogP contribution is -2.32. The molecule has 0 aliphatic rings. The number of halogens is 1. The largest absolute Gasteiger partial charge is 0.341 e. The van der Waals surface area contributed by atoms with Gasteiger partial charge in [-0.15, -0.1) is 5.10 Å². The minimum absolute atomic E-state index is 0.130. The second kappa shape index (κ2) is 9.15. The van der Waals surface area contributed by atoms with Crippen molar-refractivity contribution >= 4 is 29.3 Å². The van der Waals surface area contributed by atoms with Crippen LogP contribution in [-0.4, -0.2) is 36.4 Å². The molecule has 152 valence electrons. The fraction of sp³-hybridized carbons (Fsp3) is 0.143. The van der Waals surface area contributed by atoms with Crippen molar-refractivity contribution < 1.29 is 4.79 Å². The number of rotatable bonds is 7. The zero-order chi connectivity index (χ0) is 20.9. The second-order valence-electron chi connectivity index (χ2n) is 6.57. The van der Waals surface area contributed by atoms with E-state index >= 15 is 0 Å². The molecule has 0 aliphatic heterocycles. The molecule has 4 rings (SSSR count). The third-order valence-corrected chi connectivity index (χ3v) is 5.57. The average molecular weight is 439 g/mol. The zero-order valence-electron chi connectivity index (χ0n) is 16.1. The van der Waals surface area contributed by atoms with Gasteiger partial charge in [0.15, 0.2) is 5.82 Å². The molecular formula is C21H19ClN6OS. The van der Waals surface area contributed by atoms with Crippen LogP contribution in [-0.2, 0) is 11.8 Å². The van der Waals surface area contributed by atoms with Crippen molar-refractivity contribution in [3.05, 3.63) is 83.4 Å². The first kappa shape index (κ1) is 20.2. The zero-order valence-corrected chi connectivity index (χ0v) is 17.7. The molecule has 0 saturated carbocycles. The Bertz CT molecular complexity index is 1130. The number of carbonyl (C=O) groups excluding carboxylic acids is 1. The maximum Gasteiger partial charge on any atom is 0.231 e. The molecule has 2 aromatic carbocycles. The average Bonchev–Trinajstić information content (AvgIpc) is 3.41. The van der Waals surface area contributed by atoms with Gasteiger partial charge in [0, 0.05) is 30.0 Å². The van der Waals surface area contributed by atoms with Gasteiger partial charge in [-0.05, 0) is 29.8 Å². The number of thioether (sulfide) groups is 1. The SMILES string of the molecule is Cn1ccnc1[C@H](NC(=O)CSc1n[nH]c(-c2ccc(Cl)cc2)n1)c1ccccc1. The monoisotopic (exact) mass is 438 g/mol. The van der Waals surface area contributed by atoms with E-state index in [4.69, 9.17) is 11.6 Å². The highest BCUT2D eigenvalue weighted by molar-refractivity contribution is 7.99. The van der Waals surface area contributed by atoms with Crippen LogP contribution in [0.25, 0.3) is 11.4 Å². The number of aromatic amines is 1. The van der Waals surface area contributed by atoms with E-state index < -0.39 is 0 Å². The third kappa shape index (κ3) is 4.72. The Balaban J connectivity index is 1.42. The summed E-state index contributed by atoms with van der Waals surface area (Å²) >= 11 is 7.19. The summed E-state index contributed by atoms with van der Waals surface area (Å²) in [4.78, 5) is 21.5. The van der Waals surface area contributed by atoms with Gasteiger partial charge < -0.3 is 9.88 Å². The van der Waals surface area contributed by atoms with Crippen molar-refractivity contribution in [3.63, 3.8) is 0 Å². The van der Waals surface area contributed by atoms with Gasteiger partial charge in [0.2, 0.25) is 11.1 Å². The molecule has 0 radical (unpaired) electrons. The maximum atomic E-state index is 12.7. The molecule has 0 spiro atoms. The van der Waals surface area contributed by atoms with E-state index in [1.54, 1.807) is 18.3 Å². The van der Waals surface area contributed by atoms with Gasteiger partial charge in [-0.3, -0.25) is 9.89 Å². The Morgan fingerprint density at radius 1 is 1.20 bits per heavy atom. The van der Waals surface area contributed by atoms with E-state index in [0.29, 0.717) is 16.0 Å². The van der Waals surface area contributed by atoms with E-state index in [0.717, 1.165) is 17.0 Å². The van der Waals surface area contributed by atoms with E-state index in [2.05, 4.69) is 25.5 Å². The fourth-order valence-electron chi connectivity index (χ4n) is 2.98. The lowest BCUT2D eigenvalue weighted by molar-refractivity contribution is -0.119. The molecule has 0 bridgehead atoms. The van der Waals surface area contributed by atoms with Gasteiger partial charge >= 0.3 is 0 Å². The summed E-state index contributed by atoms with van der Waals surface area (Å²) in [5.41, 5.74) is 1.84. The lowest BCUT2D eigenvalue weighted by Gasteiger charge is -2.19. The first-order valence-corrected chi connectivity index (χ1v) is 10.6. The standard InChI is InChI=1S/C21H19ClN6OS/c1-28-12-11-23-20(28)18(14-5-3-2-4-6-14)24-17(29)13-30-21-25-19(26-27-21)15-7-9-16(22)10-8-15/h2-12,18H,13H2,1H3,(H,24,29)(H,25,26,27)/t18-/m1/s1. The van der Waals surface area contributed by atoms with Crippen LogP contribution in [0.5, 0.6) is 0 Å². The molecule has 2 N–H and O–H groups in total. The summed E-state index contributed by atoms with van der Waals surface area (Å²) in [5, 5.41) is 11.3. The number of nitrogens with one attached hydrogen (secondary N) is 2. The Morgan fingerprint density at radius 2 is 1.97 bits per heavy atom. The number of hydrogen-bond acceptors (Lipinski definition) is 5. The van der Waals surface area contributed by atoms with E-state index in [-0.39, 0.29) is 17.7 Å². The predicted octanol–water partition coefficient (Wildman–Crippen LogP) is 3.86. The van der Waals surface area contributed by atoms with Crippen LogP contribution in [0.3, 0.4) is 0 Å². The highest BCUT2D eigenvalue weighted by Gasteiger charge is 2.21. The van der Waals surface area contributed by atoms with Crippen molar-refractivity contribution in [2.24, 2.45) is 7.05 Å². The summed E-state index contributed by atoms with van der Waals surface area (Å²) in [7, 11) is 1.91. The van der Waals surface area contributed by atoms with E-state index in [1.807, 2.05) is 60.3 Å². The van der Waals surface area contributed by atoms with E-state index in [9.17, 15) is 4.79 Å². The molecule has 0 unspecified atom stereocenters. The summed E-state index contributed by atoms with van der Waals surface area (Å²) < 4.78 is 1.90. The third-order valence-electron chi connectivity index (χ3n) is 4.47. The molecule has 2 heterocycles.